The van der Waals surface area contributed by atoms with Crippen LogP contribution in [0.4, 0.5) is 13.2 Å². The van der Waals surface area contributed by atoms with Crippen molar-refractivity contribution in [3.8, 4) is 6.07 Å². The van der Waals surface area contributed by atoms with E-state index in [2.05, 4.69) is 5.32 Å². The second-order valence-corrected chi connectivity index (χ2v) is 3.94. The summed E-state index contributed by atoms with van der Waals surface area (Å²) in [5.74, 6) is -1.55. The van der Waals surface area contributed by atoms with Crippen LogP contribution >= 0.6 is 0 Å². The number of nitrogens with one attached hydrogen (secondary N) is 1. The molecule has 0 bridgehead atoms. The van der Waals surface area contributed by atoms with E-state index in [-0.39, 0.29) is 6.54 Å². The molecule has 3 nitrogen and oxygen atoms in total. The number of hydrogen-bond acceptors (Lipinski definition) is 3. The molecule has 1 rings (SSSR count). The number of halogens is 3. The van der Waals surface area contributed by atoms with Crippen LogP contribution in [0, 0.1) is 23.2 Å². The molecule has 0 amide bonds. The summed E-state index contributed by atoms with van der Waals surface area (Å²) in [5.41, 5.74) is 0. The molecule has 0 aliphatic carbocycles. The van der Waals surface area contributed by atoms with Gasteiger partial charge in [0.25, 0.3) is 0 Å². The van der Waals surface area contributed by atoms with Gasteiger partial charge in [-0.1, -0.05) is 0 Å². The van der Waals surface area contributed by atoms with Crippen molar-refractivity contribution in [1.82, 2.24) is 5.32 Å². The quantitative estimate of drug-likeness (QED) is 0.808. The van der Waals surface area contributed by atoms with Crippen molar-refractivity contribution in [1.29, 1.82) is 5.26 Å². The van der Waals surface area contributed by atoms with Crippen molar-refractivity contribution in [2.24, 2.45) is 11.8 Å². The van der Waals surface area contributed by atoms with E-state index < -0.39 is 12.1 Å². The van der Waals surface area contributed by atoms with Gasteiger partial charge in [-0.3, -0.25) is 0 Å². The smallest absolute Gasteiger partial charge is 0.381 e. The molecule has 92 valence electrons. The molecule has 0 spiro atoms. The first-order valence-electron chi connectivity index (χ1n) is 5.29. The molecule has 1 unspecified atom stereocenters. The fourth-order valence-electron chi connectivity index (χ4n) is 1.62. The lowest BCUT2D eigenvalue weighted by Gasteiger charge is -2.23. The molecule has 0 aromatic carbocycles. The molecule has 1 saturated heterocycles. The molecular weight excluding hydrogens is 221 g/mol. The molecule has 1 N–H and O–H groups in total. The maximum Gasteiger partial charge on any atom is 0.405 e. The summed E-state index contributed by atoms with van der Waals surface area (Å²) >= 11 is 0. The maximum absolute atomic E-state index is 12.2. The number of hydrogen-bond donors (Lipinski definition) is 1. The lowest BCUT2D eigenvalue weighted by molar-refractivity contribution is -0.157. The van der Waals surface area contributed by atoms with E-state index in [4.69, 9.17) is 10.00 Å². The predicted molar refractivity (Wildman–Crippen MR) is 51.6 cm³/mol. The van der Waals surface area contributed by atoms with Crippen molar-refractivity contribution < 1.29 is 17.9 Å². The van der Waals surface area contributed by atoms with Crippen LogP contribution in [0.3, 0.4) is 0 Å². The Morgan fingerprint density at radius 1 is 1.38 bits per heavy atom. The van der Waals surface area contributed by atoms with Gasteiger partial charge in [-0.15, -0.1) is 0 Å². The van der Waals surface area contributed by atoms with Gasteiger partial charge in [-0.05, 0) is 25.3 Å². The molecule has 1 aliphatic heterocycles. The Bertz CT molecular complexity index is 243. The summed E-state index contributed by atoms with van der Waals surface area (Å²) in [6, 6.07) is 1.27. The summed E-state index contributed by atoms with van der Waals surface area (Å²) in [6.45, 7) is 1.55. The first-order valence-corrected chi connectivity index (χ1v) is 5.29. The van der Waals surface area contributed by atoms with E-state index in [1.165, 1.54) is 6.07 Å². The zero-order valence-corrected chi connectivity index (χ0v) is 8.89. The van der Waals surface area contributed by atoms with Gasteiger partial charge in [0.15, 0.2) is 5.92 Å². The summed E-state index contributed by atoms with van der Waals surface area (Å²) in [5, 5.41) is 11.1. The van der Waals surface area contributed by atoms with Gasteiger partial charge < -0.3 is 10.1 Å². The highest BCUT2D eigenvalue weighted by Crippen LogP contribution is 2.25. The number of nitrogens with zero attached hydrogens (tertiary/aromatic N) is 1. The monoisotopic (exact) mass is 236 g/mol. The highest BCUT2D eigenvalue weighted by Gasteiger charge is 2.39. The van der Waals surface area contributed by atoms with Crippen molar-refractivity contribution >= 4 is 0 Å². The van der Waals surface area contributed by atoms with Crippen LogP contribution in [0.5, 0.6) is 0 Å². The van der Waals surface area contributed by atoms with Gasteiger partial charge >= 0.3 is 6.18 Å². The van der Waals surface area contributed by atoms with Gasteiger partial charge in [0.1, 0.15) is 0 Å². The van der Waals surface area contributed by atoms with Crippen molar-refractivity contribution in [3.63, 3.8) is 0 Å². The lowest BCUT2D eigenvalue weighted by atomic mass is 10.0. The lowest BCUT2D eigenvalue weighted by Crippen LogP contribution is -2.36. The Morgan fingerprint density at radius 3 is 2.50 bits per heavy atom. The fraction of sp³-hybridized carbons (Fsp3) is 0.900. The Labute approximate surface area is 92.6 Å². The van der Waals surface area contributed by atoms with Gasteiger partial charge in [-0.2, -0.15) is 18.4 Å². The van der Waals surface area contributed by atoms with Gasteiger partial charge in [0.2, 0.25) is 0 Å². The van der Waals surface area contributed by atoms with Crippen LogP contribution in [0.25, 0.3) is 0 Å². The van der Waals surface area contributed by atoms with Crippen LogP contribution in [-0.2, 0) is 4.74 Å². The second-order valence-electron chi connectivity index (χ2n) is 3.94. The standard InChI is InChI=1S/C10H15F3N2O/c11-10(12,13)9(5-14)7-15-6-8-1-3-16-4-2-8/h8-9,15H,1-4,6-7H2. The van der Waals surface area contributed by atoms with E-state index in [0.717, 1.165) is 12.8 Å². The molecule has 0 radical (unpaired) electrons. The molecule has 0 saturated carbocycles. The van der Waals surface area contributed by atoms with Gasteiger partial charge in [0, 0.05) is 19.8 Å². The molecule has 1 aliphatic rings. The Balaban J connectivity index is 2.21. The third kappa shape index (κ3) is 4.37. The van der Waals surface area contributed by atoms with Crippen LogP contribution in [0.1, 0.15) is 12.8 Å². The average Bonchev–Trinajstić information content (AvgIpc) is 2.24. The first kappa shape index (κ1) is 13.3. The Hall–Kier alpha value is -0.800. The highest BCUT2D eigenvalue weighted by molar-refractivity contribution is 4.90. The zero-order valence-electron chi connectivity index (χ0n) is 8.89. The molecule has 6 heteroatoms. The minimum atomic E-state index is -4.43. The van der Waals surface area contributed by atoms with Crippen molar-refractivity contribution in [2.75, 3.05) is 26.3 Å². The van der Waals surface area contributed by atoms with Crippen LogP contribution in [0.15, 0.2) is 0 Å². The largest absolute Gasteiger partial charge is 0.405 e. The van der Waals surface area contributed by atoms with Crippen LogP contribution in [-0.4, -0.2) is 32.5 Å². The highest BCUT2D eigenvalue weighted by atomic mass is 19.4. The third-order valence-corrected chi connectivity index (χ3v) is 2.67. The summed E-state index contributed by atoms with van der Waals surface area (Å²) in [7, 11) is 0. The number of nitriles is 1. The van der Waals surface area contributed by atoms with E-state index >= 15 is 0 Å². The molecule has 1 heterocycles. The Morgan fingerprint density at radius 2 is 2.00 bits per heavy atom. The summed E-state index contributed by atoms with van der Waals surface area (Å²) in [4.78, 5) is 0. The summed E-state index contributed by atoms with van der Waals surface area (Å²) < 4.78 is 41.8. The van der Waals surface area contributed by atoms with E-state index in [9.17, 15) is 13.2 Å². The van der Waals surface area contributed by atoms with E-state index in [1.807, 2.05) is 0 Å². The Kier molecular flexibility index (Phi) is 5.03. The SMILES string of the molecule is N#CC(CNCC1CCOCC1)C(F)(F)F. The molecule has 1 fully saturated rings. The van der Waals surface area contributed by atoms with Crippen LogP contribution < -0.4 is 5.32 Å². The predicted octanol–water partition coefficient (Wildman–Crippen LogP) is 1.70. The van der Waals surface area contributed by atoms with Crippen molar-refractivity contribution in [2.45, 2.75) is 19.0 Å². The minimum Gasteiger partial charge on any atom is -0.381 e. The minimum absolute atomic E-state index is 0.322. The second kappa shape index (κ2) is 6.06. The van der Waals surface area contributed by atoms with Gasteiger partial charge in [-0.25, -0.2) is 0 Å². The average molecular weight is 236 g/mol. The molecule has 1 atom stereocenters. The third-order valence-electron chi connectivity index (χ3n) is 2.67. The van der Waals surface area contributed by atoms with E-state index in [0.29, 0.717) is 25.7 Å². The summed E-state index contributed by atoms with van der Waals surface area (Å²) in [6.07, 6.45) is -2.69. The first-order chi connectivity index (χ1) is 7.54. The maximum atomic E-state index is 12.2. The number of ether oxygens (including phenoxy) is 1. The normalized spacial score (nSPS) is 20.4. The van der Waals surface area contributed by atoms with Crippen LogP contribution in [0.2, 0.25) is 0 Å². The molecule has 16 heavy (non-hydrogen) atoms. The van der Waals surface area contributed by atoms with Crippen molar-refractivity contribution in [3.05, 3.63) is 0 Å². The molecular formula is C10H15F3N2O. The molecule has 0 aromatic heterocycles. The zero-order chi connectivity index (χ0) is 12.0. The van der Waals surface area contributed by atoms with Gasteiger partial charge in [0.05, 0.1) is 6.07 Å². The molecule has 0 aromatic rings. The number of rotatable bonds is 4. The topological polar surface area (TPSA) is 45.0 Å². The fourth-order valence-corrected chi connectivity index (χ4v) is 1.62. The van der Waals surface area contributed by atoms with E-state index in [1.54, 1.807) is 0 Å². The number of alkyl halides is 3.